The molecule has 3 aromatic rings. The first kappa shape index (κ1) is 18.6. The summed E-state index contributed by atoms with van der Waals surface area (Å²) in [5.74, 6) is -0.0340. The number of hydrogen-bond acceptors (Lipinski definition) is 7. The monoisotopic (exact) mass is 384 g/mol. The van der Waals surface area contributed by atoms with Gasteiger partial charge in [0.15, 0.2) is 0 Å². The molecule has 0 atom stereocenters. The smallest absolute Gasteiger partial charge is 0.293 e. The summed E-state index contributed by atoms with van der Waals surface area (Å²) >= 11 is 1.06. The molecule has 1 heterocycles. The zero-order valence-electron chi connectivity index (χ0n) is 14.6. The Kier molecular flexibility index (Phi) is 5.51. The standard InChI is InChI=1S/C18H16N4O4S/c1-11-7-8-14(15(9-11)22(24)25)19-16(23)10-27-18-21-20-17(26-18)13-6-4-3-5-12(13)2/h3-9H,10H2,1-2H3,(H,19,23). The number of carbonyl (C=O) groups excluding carboxylic acids is 1. The largest absolute Gasteiger partial charge is 0.411 e. The molecule has 0 aliphatic carbocycles. The number of rotatable bonds is 6. The molecule has 0 saturated carbocycles. The number of nitro benzene ring substituents is 1. The number of nitrogens with zero attached hydrogens (tertiary/aromatic N) is 3. The highest BCUT2D eigenvalue weighted by molar-refractivity contribution is 7.99. The van der Waals surface area contributed by atoms with Crippen LogP contribution in [0.4, 0.5) is 11.4 Å². The quantitative estimate of drug-likeness (QED) is 0.388. The first-order chi connectivity index (χ1) is 12.9. The van der Waals surface area contributed by atoms with E-state index in [1.807, 2.05) is 31.2 Å². The molecule has 9 heteroatoms. The number of anilines is 1. The van der Waals surface area contributed by atoms with Crippen molar-refractivity contribution in [3.8, 4) is 11.5 Å². The molecular weight excluding hydrogens is 368 g/mol. The van der Waals surface area contributed by atoms with Crippen molar-refractivity contribution in [1.82, 2.24) is 10.2 Å². The van der Waals surface area contributed by atoms with Crippen molar-refractivity contribution in [2.24, 2.45) is 0 Å². The zero-order valence-corrected chi connectivity index (χ0v) is 15.4. The van der Waals surface area contributed by atoms with E-state index in [4.69, 9.17) is 4.42 Å². The van der Waals surface area contributed by atoms with Crippen LogP contribution < -0.4 is 5.32 Å². The van der Waals surface area contributed by atoms with E-state index in [9.17, 15) is 14.9 Å². The van der Waals surface area contributed by atoms with Crippen LogP contribution in [0, 0.1) is 24.0 Å². The van der Waals surface area contributed by atoms with Crippen molar-refractivity contribution in [1.29, 1.82) is 0 Å². The molecule has 138 valence electrons. The van der Waals surface area contributed by atoms with Gasteiger partial charge in [-0.2, -0.15) is 0 Å². The van der Waals surface area contributed by atoms with Crippen molar-refractivity contribution < 1.29 is 14.1 Å². The van der Waals surface area contributed by atoms with Crippen LogP contribution in [0.3, 0.4) is 0 Å². The van der Waals surface area contributed by atoms with Gasteiger partial charge >= 0.3 is 0 Å². The van der Waals surface area contributed by atoms with Crippen LogP contribution in [-0.2, 0) is 4.79 Å². The van der Waals surface area contributed by atoms with Crippen LogP contribution in [0.1, 0.15) is 11.1 Å². The lowest BCUT2D eigenvalue weighted by Gasteiger charge is -2.05. The molecular formula is C18H16N4O4S. The van der Waals surface area contributed by atoms with Crippen LogP contribution >= 0.6 is 11.8 Å². The maximum atomic E-state index is 12.1. The lowest BCUT2D eigenvalue weighted by molar-refractivity contribution is -0.384. The van der Waals surface area contributed by atoms with Gasteiger partial charge < -0.3 is 9.73 Å². The molecule has 3 rings (SSSR count). The molecule has 0 saturated heterocycles. The summed E-state index contributed by atoms with van der Waals surface area (Å²) < 4.78 is 5.58. The van der Waals surface area contributed by atoms with E-state index >= 15 is 0 Å². The number of carbonyl (C=O) groups is 1. The summed E-state index contributed by atoms with van der Waals surface area (Å²) in [4.78, 5) is 22.7. The molecule has 0 unspecified atom stereocenters. The molecule has 0 aliphatic heterocycles. The van der Waals surface area contributed by atoms with Crippen molar-refractivity contribution in [3.05, 3.63) is 63.7 Å². The Morgan fingerprint density at radius 2 is 2.00 bits per heavy atom. The minimum atomic E-state index is -0.526. The number of aromatic nitrogens is 2. The number of aryl methyl sites for hydroxylation is 2. The lowest BCUT2D eigenvalue weighted by Crippen LogP contribution is -2.15. The van der Waals surface area contributed by atoms with Crippen LogP contribution in [-0.4, -0.2) is 26.8 Å². The lowest BCUT2D eigenvalue weighted by atomic mass is 10.1. The van der Waals surface area contributed by atoms with Gasteiger partial charge in [0.25, 0.3) is 10.9 Å². The second-order valence-corrected chi connectivity index (χ2v) is 6.73. The minimum Gasteiger partial charge on any atom is -0.411 e. The molecule has 0 fully saturated rings. The molecule has 0 spiro atoms. The van der Waals surface area contributed by atoms with Crippen LogP contribution in [0.5, 0.6) is 0 Å². The fourth-order valence-corrected chi connectivity index (χ4v) is 2.96. The predicted molar refractivity (Wildman–Crippen MR) is 102 cm³/mol. The van der Waals surface area contributed by atoms with Crippen molar-refractivity contribution >= 4 is 29.0 Å². The van der Waals surface area contributed by atoms with Gasteiger partial charge in [-0.3, -0.25) is 14.9 Å². The normalized spacial score (nSPS) is 10.6. The third kappa shape index (κ3) is 4.50. The fraction of sp³-hybridized carbons (Fsp3) is 0.167. The molecule has 1 aromatic heterocycles. The molecule has 0 bridgehead atoms. The SMILES string of the molecule is Cc1ccc(NC(=O)CSc2nnc(-c3ccccc3C)o2)c([N+](=O)[O-])c1. The second-order valence-electron chi connectivity index (χ2n) is 5.80. The van der Waals surface area contributed by atoms with Gasteiger partial charge in [-0.25, -0.2) is 0 Å². The number of nitro groups is 1. The first-order valence-corrected chi connectivity index (χ1v) is 9.00. The number of hydrogen-bond donors (Lipinski definition) is 1. The van der Waals surface area contributed by atoms with E-state index in [2.05, 4.69) is 15.5 Å². The number of thioether (sulfide) groups is 1. The highest BCUT2D eigenvalue weighted by Crippen LogP contribution is 2.27. The van der Waals surface area contributed by atoms with Gasteiger partial charge in [0.1, 0.15) is 5.69 Å². The third-order valence-electron chi connectivity index (χ3n) is 3.73. The number of amides is 1. The summed E-state index contributed by atoms with van der Waals surface area (Å²) in [6.07, 6.45) is 0. The molecule has 1 N–H and O–H groups in total. The third-order valence-corrected chi connectivity index (χ3v) is 4.55. The second kappa shape index (κ2) is 8.00. The van der Waals surface area contributed by atoms with E-state index in [1.165, 1.54) is 12.1 Å². The van der Waals surface area contributed by atoms with Gasteiger partial charge in [-0.05, 0) is 37.1 Å². The Bertz CT molecular complexity index is 1000. The Hall–Kier alpha value is -3.20. The fourth-order valence-electron chi connectivity index (χ4n) is 2.40. The number of benzene rings is 2. The average Bonchev–Trinajstić information content (AvgIpc) is 3.10. The molecule has 8 nitrogen and oxygen atoms in total. The van der Waals surface area contributed by atoms with Crippen molar-refractivity contribution in [3.63, 3.8) is 0 Å². The first-order valence-electron chi connectivity index (χ1n) is 8.01. The Morgan fingerprint density at radius 3 is 2.74 bits per heavy atom. The van der Waals surface area contributed by atoms with Gasteiger partial charge in [-0.15, -0.1) is 10.2 Å². The van der Waals surface area contributed by atoms with Crippen LogP contribution in [0.25, 0.3) is 11.5 Å². The van der Waals surface area contributed by atoms with Gasteiger partial charge in [0.2, 0.25) is 11.8 Å². The zero-order chi connectivity index (χ0) is 19.4. The summed E-state index contributed by atoms with van der Waals surface area (Å²) in [5.41, 5.74) is 2.58. The van der Waals surface area contributed by atoms with Crippen LogP contribution in [0.2, 0.25) is 0 Å². The Morgan fingerprint density at radius 1 is 1.22 bits per heavy atom. The van der Waals surface area contributed by atoms with E-state index < -0.39 is 10.8 Å². The van der Waals surface area contributed by atoms with E-state index in [0.717, 1.165) is 28.5 Å². The molecule has 2 aromatic carbocycles. The Balaban J connectivity index is 1.64. The van der Waals surface area contributed by atoms with Gasteiger partial charge in [-0.1, -0.05) is 36.0 Å². The number of nitrogens with one attached hydrogen (secondary N) is 1. The molecule has 27 heavy (non-hydrogen) atoms. The van der Waals surface area contributed by atoms with Crippen LogP contribution in [0.15, 0.2) is 52.1 Å². The predicted octanol–water partition coefficient (Wildman–Crippen LogP) is 3.99. The summed E-state index contributed by atoms with van der Waals surface area (Å²) in [7, 11) is 0. The highest BCUT2D eigenvalue weighted by atomic mass is 32.2. The van der Waals surface area contributed by atoms with E-state index in [1.54, 1.807) is 13.0 Å². The topological polar surface area (TPSA) is 111 Å². The summed E-state index contributed by atoms with van der Waals surface area (Å²) in [6, 6.07) is 12.2. The van der Waals surface area contributed by atoms with Gasteiger partial charge in [0.05, 0.1) is 10.7 Å². The Labute approximate surface area is 159 Å². The minimum absolute atomic E-state index is 0.0135. The van der Waals surface area contributed by atoms with E-state index in [0.29, 0.717) is 5.89 Å². The molecule has 0 radical (unpaired) electrons. The molecule has 1 amide bonds. The van der Waals surface area contributed by atoms with Crippen molar-refractivity contribution in [2.75, 3.05) is 11.1 Å². The van der Waals surface area contributed by atoms with Gasteiger partial charge in [0, 0.05) is 11.6 Å². The van der Waals surface area contributed by atoms with E-state index in [-0.39, 0.29) is 22.4 Å². The molecule has 0 aliphatic rings. The maximum Gasteiger partial charge on any atom is 0.293 e. The highest BCUT2D eigenvalue weighted by Gasteiger charge is 2.17. The van der Waals surface area contributed by atoms with Crippen molar-refractivity contribution in [2.45, 2.75) is 19.1 Å². The summed E-state index contributed by atoms with van der Waals surface area (Å²) in [6.45, 7) is 3.68. The maximum absolute atomic E-state index is 12.1. The summed E-state index contributed by atoms with van der Waals surface area (Å²) in [5, 5.41) is 21.8. The average molecular weight is 384 g/mol.